The zero-order valence-corrected chi connectivity index (χ0v) is 8.46. The van der Waals surface area contributed by atoms with Gasteiger partial charge in [-0.05, 0) is 30.4 Å². The fourth-order valence-corrected chi connectivity index (χ4v) is 2.24. The fraction of sp³-hybridized carbons (Fsp3) is 0.667. The summed E-state index contributed by atoms with van der Waals surface area (Å²) in [5, 5.41) is 0. The van der Waals surface area contributed by atoms with E-state index in [0.717, 1.165) is 19.5 Å². The SMILES string of the molecule is NCC1CCN1CCc1ccns1. The van der Waals surface area contributed by atoms with Crippen LogP contribution in [-0.4, -0.2) is 34.9 Å². The molecule has 4 heteroatoms. The minimum Gasteiger partial charge on any atom is -0.329 e. The summed E-state index contributed by atoms with van der Waals surface area (Å²) in [4.78, 5) is 3.84. The van der Waals surface area contributed by atoms with Crippen LogP contribution >= 0.6 is 11.5 Å². The lowest BCUT2D eigenvalue weighted by molar-refractivity contribution is 0.0988. The van der Waals surface area contributed by atoms with Crippen LogP contribution in [0, 0.1) is 0 Å². The van der Waals surface area contributed by atoms with Gasteiger partial charge in [0.25, 0.3) is 0 Å². The van der Waals surface area contributed by atoms with E-state index in [0.29, 0.717) is 6.04 Å². The number of aromatic nitrogens is 1. The highest BCUT2D eigenvalue weighted by molar-refractivity contribution is 7.05. The third-order valence-electron chi connectivity index (χ3n) is 2.67. The van der Waals surface area contributed by atoms with Crippen molar-refractivity contribution in [1.82, 2.24) is 9.27 Å². The first kappa shape index (κ1) is 9.12. The van der Waals surface area contributed by atoms with E-state index in [2.05, 4.69) is 15.3 Å². The minimum atomic E-state index is 0.646. The highest BCUT2D eigenvalue weighted by atomic mass is 32.1. The Morgan fingerprint density at radius 2 is 2.62 bits per heavy atom. The van der Waals surface area contributed by atoms with Gasteiger partial charge in [-0.15, -0.1) is 0 Å². The summed E-state index contributed by atoms with van der Waals surface area (Å²) >= 11 is 1.60. The molecule has 13 heavy (non-hydrogen) atoms. The molecule has 1 saturated heterocycles. The Labute approximate surface area is 82.7 Å². The smallest absolute Gasteiger partial charge is 0.0409 e. The number of hydrogen-bond donors (Lipinski definition) is 1. The van der Waals surface area contributed by atoms with Crippen molar-refractivity contribution in [2.45, 2.75) is 18.9 Å². The first-order valence-corrected chi connectivity index (χ1v) is 5.51. The molecular weight excluding hydrogens is 182 g/mol. The molecular formula is C9H15N3S. The van der Waals surface area contributed by atoms with Gasteiger partial charge in [-0.2, -0.15) is 0 Å². The molecule has 1 aliphatic rings. The van der Waals surface area contributed by atoms with Gasteiger partial charge in [-0.25, -0.2) is 4.37 Å². The Hall–Kier alpha value is -0.450. The lowest BCUT2D eigenvalue weighted by Gasteiger charge is -2.40. The Kier molecular flexibility index (Phi) is 2.93. The van der Waals surface area contributed by atoms with Crippen molar-refractivity contribution in [3.8, 4) is 0 Å². The Balaban J connectivity index is 1.74. The van der Waals surface area contributed by atoms with Gasteiger partial charge in [0.1, 0.15) is 0 Å². The van der Waals surface area contributed by atoms with Crippen LogP contribution in [0.15, 0.2) is 12.3 Å². The highest BCUT2D eigenvalue weighted by Crippen LogP contribution is 2.17. The topological polar surface area (TPSA) is 42.1 Å². The molecule has 3 nitrogen and oxygen atoms in total. The number of nitrogens with two attached hydrogens (primary N) is 1. The van der Waals surface area contributed by atoms with Gasteiger partial charge >= 0.3 is 0 Å². The molecule has 0 spiro atoms. The van der Waals surface area contributed by atoms with E-state index in [1.54, 1.807) is 11.5 Å². The first-order chi connectivity index (χ1) is 6.40. The van der Waals surface area contributed by atoms with Crippen molar-refractivity contribution in [1.29, 1.82) is 0 Å². The summed E-state index contributed by atoms with van der Waals surface area (Å²) in [6, 6.07) is 2.75. The maximum absolute atomic E-state index is 5.62. The van der Waals surface area contributed by atoms with E-state index in [1.807, 2.05) is 6.20 Å². The van der Waals surface area contributed by atoms with Crippen molar-refractivity contribution in [3.05, 3.63) is 17.1 Å². The van der Waals surface area contributed by atoms with Crippen LogP contribution < -0.4 is 5.73 Å². The van der Waals surface area contributed by atoms with Crippen molar-refractivity contribution in [2.75, 3.05) is 19.6 Å². The number of likely N-dealkylation sites (tertiary alicyclic amines) is 1. The quantitative estimate of drug-likeness (QED) is 0.773. The predicted octanol–water partition coefficient (Wildman–Crippen LogP) is 0.719. The maximum Gasteiger partial charge on any atom is 0.0409 e. The Bertz CT molecular complexity index is 245. The summed E-state index contributed by atoms with van der Waals surface area (Å²) in [7, 11) is 0. The van der Waals surface area contributed by atoms with E-state index >= 15 is 0 Å². The second-order valence-electron chi connectivity index (χ2n) is 3.44. The van der Waals surface area contributed by atoms with E-state index in [1.165, 1.54) is 17.8 Å². The van der Waals surface area contributed by atoms with E-state index < -0.39 is 0 Å². The second kappa shape index (κ2) is 4.17. The normalized spacial score (nSPS) is 23.0. The van der Waals surface area contributed by atoms with Crippen molar-refractivity contribution in [3.63, 3.8) is 0 Å². The number of hydrogen-bond acceptors (Lipinski definition) is 4. The lowest BCUT2D eigenvalue weighted by atomic mass is 10.0. The van der Waals surface area contributed by atoms with E-state index in [4.69, 9.17) is 5.73 Å². The molecule has 0 bridgehead atoms. The molecule has 72 valence electrons. The third kappa shape index (κ3) is 2.07. The fourth-order valence-electron chi connectivity index (χ4n) is 1.68. The Morgan fingerprint density at radius 1 is 1.69 bits per heavy atom. The third-order valence-corrected chi connectivity index (χ3v) is 3.48. The minimum absolute atomic E-state index is 0.646. The molecule has 1 fully saturated rings. The Morgan fingerprint density at radius 3 is 3.15 bits per heavy atom. The lowest BCUT2D eigenvalue weighted by Crippen LogP contribution is -2.52. The molecule has 1 unspecified atom stereocenters. The average Bonchev–Trinajstić information content (AvgIpc) is 2.56. The summed E-state index contributed by atoms with van der Waals surface area (Å²) in [5.74, 6) is 0. The summed E-state index contributed by atoms with van der Waals surface area (Å²) in [6.45, 7) is 3.17. The van der Waals surface area contributed by atoms with Crippen LogP contribution in [0.5, 0.6) is 0 Å². The van der Waals surface area contributed by atoms with Crippen LogP contribution in [0.2, 0.25) is 0 Å². The van der Waals surface area contributed by atoms with Crippen LogP contribution in [-0.2, 0) is 6.42 Å². The largest absolute Gasteiger partial charge is 0.329 e. The van der Waals surface area contributed by atoms with E-state index in [-0.39, 0.29) is 0 Å². The molecule has 2 heterocycles. The van der Waals surface area contributed by atoms with Gasteiger partial charge in [0.15, 0.2) is 0 Å². The number of rotatable bonds is 4. The molecule has 0 radical (unpaired) electrons. The standard InChI is InChI=1S/C9H15N3S/c10-7-8-2-5-12(8)6-3-9-1-4-11-13-9/h1,4,8H,2-3,5-7,10H2. The highest BCUT2D eigenvalue weighted by Gasteiger charge is 2.25. The molecule has 1 aromatic heterocycles. The van der Waals surface area contributed by atoms with Crippen molar-refractivity contribution >= 4 is 11.5 Å². The molecule has 0 aromatic carbocycles. The summed E-state index contributed by atoms with van der Waals surface area (Å²) in [5.41, 5.74) is 5.62. The molecule has 1 aliphatic heterocycles. The maximum atomic E-state index is 5.62. The van der Waals surface area contributed by atoms with E-state index in [9.17, 15) is 0 Å². The molecule has 2 rings (SSSR count). The molecule has 1 aromatic rings. The van der Waals surface area contributed by atoms with Crippen LogP contribution in [0.4, 0.5) is 0 Å². The number of nitrogens with zero attached hydrogens (tertiary/aromatic N) is 2. The molecule has 0 saturated carbocycles. The van der Waals surface area contributed by atoms with Gasteiger partial charge in [-0.1, -0.05) is 0 Å². The monoisotopic (exact) mass is 197 g/mol. The molecule has 0 amide bonds. The summed E-state index contributed by atoms with van der Waals surface area (Å²) in [6.07, 6.45) is 4.27. The van der Waals surface area contributed by atoms with Gasteiger partial charge in [-0.3, -0.25) is 4.90 Å². The molecule has 2 N–H and O–H groups in total. The van der Waals surface area contributed by atoms with Gasteiger partial charge in [0, 0.05) is 36.8 Å². The van der Waals surface area contributed by atoms with Gasteiger partial charge in [0.2, 0.25) is 0 Å². The molecule has 1 atom stereocenters. The first-order valence-electron chi connectivity index (χ1n) is 4.74. The van der Waals surface area contributed by atoms with Crippen LogP contribution in [0.3, 0.4) is 0 Å². The van der Waals surface area contributed by atoms with Crippen LogP contribution in [0.1, 0.15) is 11.3 Å². The van der Waals surface area contributed by atoms with Gasteiger partial charge < -0.3 is 5.73 Å². The molecule has 0 aliphatic carbocycles. The second-order valence-corrected chi connectivity index (χ2v) is 4.36. The zero-order chi connectivity index (χ0) is 9.10. The summed E-state index contributed by atoms with van der Waals surface area (Å²) < 4.78 is 4.08. The predicted molar refractivity (Wildman–Crippen MR) is 54.9 cm³/mol. The van der Waals surface area contributed by atoms with Crippen molar-refractivity contribution < 1.29 is 0 Å². The van der Waals surface area contributed by atoms with Crippen LogP contribution in [0.25, 0.3) is 0 Å². The van der Waals surface area contributed by atoms with Crippen molar-refractivity contribution in [2.24, 2.45) is 5.73 Å². The van der Waals surface area contributed by atoms with Gasteiger partial charge in [0.05, 0.1) is 0 Å². The zero-order valence-electron chi connectivity index (χ0n) is 7.65. The average molecular weight is 197 g/mol.